The molecule has 0 saturated carbocycles. The molecular weight excluding hydrogens is 300 g/mol. The summed E-state index contributed by atoms with van der Waals surface area (Å²) in [7, 11) is 1.79. The number of aliphatic imine (C=N–C) groups is 1. The molecule has 22 heavy (non-hydrogen) atoms. The Morgan fingerprint density at radius 2 is 2.23 bits per heavy atom. The molecule has 6 nitrogen and oxygen atoms in total. The van der Waals surface area contributed by atoms with E-state index < -0.39 is 0 Å². The number of nitrogens with zero attached hydrogens (tertiary/aromatic N) is 3. The number of non-ortho nitro benzene ring substituents is 1. The average Bonchev–Trinajstić information content (AvgIpc) is 2.56. The first-order valence-corrected chi connectivity index (χ1v) is 8.49. The lowest BCUT2D eigenvalue weighted by Crippen LogP contribution is -2.47. The van der Waals surface area contributed by atoms with Crippen LogP contribution in [0.15, 0.2) is 29.3 Å². The third-order valence-electron chi connectivity index (χ3n) is 3.70. The molecule has 7 heteroatoms. The zero-order valence-corrected chi connectivity index (χ0v) is 13.8. The standard InChI is InChI=1S/C15H22N4O2S/c1-3-14-11-18(8-9-22-14)15(16-2)17-10-12-4-6-13(7-5-12)19(20)21/h4-7,14H,3,8-11H2,1-2H3,(H,16,17). The van der Waals surface area contributed by atoms with Crippen LogP contribution in [0.4, 0.5) is 5.69 Å². The molecule has 1 N–H and O–H groups in total. The highest BCUT2D eigenvalue weighted by Gasteiger charge is 2.21. The van der Waals surface area contributed by atoms with Crippen LogP contribution in [0.1, 0.15) is 18.9 Å². The summed E-state index contributed by atoms with van der Waals surface area (Å²) in [6.45, 7) is 4.85. The van der Waals surface area contributed by atoms with Crippen molar-refractivity contribution in [1.82, 2.24) is 10.2 Å². The van der Waals surface area contributed by atoms with Gasteiger partial charge in [0.05, 0.1) is 4.92 Å². The van der Waals surface area contributed by atoms with Gasteiger partial charge in [0.15, 0.2) is 5.96 Å². The number of hydrogen-bond acceptors (Lipinski definition) is 4. The van der Waals surface area contributed by atoms with Crippen LogP contribution in [0.3, 0.4) is 0 Å². The molecule has 0 radical (unpaired) electrons. The fourth-order valence-electron chi connectivity index (χ4n) is 2.41. The summed E-state index contributed by atoms with van der Waals surface area (Å²) in [5, 5.41) is 14.7. The van der Waals surface area contributed by atoms with E-state index in [2.05, 4.69) is 22.1 Å². The molecule has 1 atom stereocenters. The molecule has 120 valence electrons. The van der Waals surface area contributed by atoms with Gasteiger partial charge in [-0.05, 0) is 12.0 Å². The minimum absolute atomic E-state index is 0.118. The third-order valence-corrected chi connectivity index (χ3v) is 5.08. The second-order valence-corrected chi connectivity index (χ2v) is 6.58. The maximum absolute atomic E-state index is 10.7. The van der Waals surface area contributed by atoms with E-state index in [0.717, 1.165) is 30.4 Å². The van der Waals surface area contributed by atoms with Gasteiger partial charge in [-0.2, -0.15) is 11.8 Å². The number of benzene rings is 1. The second kappa shape index (κ2) is 8.03. The van der Waals surface area contributed by atoms with Crippen LogP contribution in [0.25, 0.3) is 0 Å². The smallest absolute Gasteiger partial charge is 0.269 e. The first-order chi connectivity index (χ1) is 10.6. The molecular formula is C15H22N4O2S. The summed E-state index contributed by atoms with van der Waals surface area (Å²) in [5.41, 5.74) is 1.12. The monoisotopic (exact) mass is 322 g/mol. The molecule has 0 amide bonds. The number of nitrogens with one attached hydrogen (secondary N) is 1. The van der Waals surface area contributed by atoms with Crippen molar-refractivity contribution in [2.75, 3.05) is 25.9 Å². The van der Waals surface area contributed by atoms with Crippen LogP contribution in [0.2, 0.25) is 0 Å². The van der Waals surface area contributed by atoms with Gasteiger partial charge >= 0.3 is 0 Å². The molecule has 1 fully saturated rings. The van der Waals surface area contributed by atoms with Crippen LogP contribution < -0.4 is 5.32 Å². The maximum Gasteiger partial charge on any atom is 0.269 e. The van der Waals surface area contributed by atoms with E-state index in [1.807, 2.05) is 11.8 Å². The Kier molecular flexibility index (Phi) is 6.06. The summed E-state index contributed by atoms with van der Waals surface area (Å²) in [6.07, 6.45) is 1.17. The first-order valence-electron chi connectivity index (χ1n) is 7.44. The first kappa shape index (κ1) is 16.6. The Balaban J connectivity index is 1.92. The van der Waals surface area contributed by atoms with Crippen molar-refractivity contribution in [1.29, 1.82) is 0 Å². The molecule has 2 rings (SSSR count). The molecule has 1 aromatic carbocycles. The molecule has 0 spiro atoms. The van der Waals surface area contributed by atoms with Crippen LogP contribution in [-0.2, 0) is 6.54 Å². The lowest BCUT2D eigenvalue weighted by atomic mass is 10.2. The largest absolute Gasteiger partial charge is 0.352 e. The van der Waals surface area contributed by atoms with Crippen molar-refractivity contribution in [2.45, 2.75) is 25.1 Å². The van der Waals surface area contributed by atoms with Gasteiger partial charge in [-0.15, -0.1) is 0 Å². The van der Waals surface area contributed by atoms with Gasteiger partial charge in [-0.25, -0.2) is 0 Å². The second-order valence-electron chi connectivity index (χ2n) is 5.17. The highest BCUT2D eigenvalue weighted by Crippen LogP contribution is 2.21. The van der Waals surface area contributed by atoms with Gasteiger partial charge in [0.2, 0.25) is 0 Å². The maximum atomic E-state index is 10.7. The Bertz CT molecular complexity index is 533. The Hall–Kier alpha value is -1.76. The molecule has 1 saturated heterocycles. The Morgan fingerprint density at radius 1 is 1.50 bits per heavy atom. The van der Waals surface area contributed by atoms with Gasteiger partial charge in [-0.1, -0.05) is 19.1 Å². The zero-order valence-electron chi connectivity index (χ0n) is 13.0. The fourth-order valence-corrected chi connectivity index (χ4v) is 3.59. The van der Waals surface area contributed by atoms with Crippen molar-refractivity contribution in [3.8, 4) is 0 Å². The molecule has 0 aliphatic carbocycles. The third kappa shape index (κ3) is 4.37. The van der Waals surface area contributed by atoms with Crippen molar-refractivity contribution in [3.63, 3.8) is 0 Å². The minimum Gasteiger partial charge on any atom is -0.352 e. The van der Waals surface area contributed by atoms with Crippen molar-refractivity contribution in [2.24, 2.45) is 4.99 Å². The summed E-state index contributed by atoms with van der Waals surface area (Å²) < 4.78 is 0. The van der Waals surface area contributed by atoms with Crippen LogP contribution in [0.5, 0.6) is 0 Å². The predicted molar refractivity (Wildman–Crippen MR) is 91.4 cm³/mol. The SMILES string of the molecule is CCC1CN(C(=NC)NCc2ccc([N+](=O)[O-])cc2)CCS1. The summed E-state index contributed by atoms with van der Waals surface area (Å²) in [4.78, 5) is 16.9. The Morgan fingerprint density at radius 3 is 2.82 bits per heavy atom. The average molecular weight is 322 g/mol. The van der Waals surface area contributed by atoms with Crippen molar-refractivity contribution >= 4 is 23.4 Å². The number of nitro groups is 1. The van der Waals surface area contributed by atoms with Crippen molar-refractivity contribution in [3.05, 3.63) is 39.9 Å². The lowest BCUT2D eigenvalue weighted by molar-refractivity contribution is -0.384. The molecule has 1 aromatic rings. The van der Waals surface area contributed by atoms with Crippen LogP contribution in [0, 0.1) is 10.1 Å². The molecule has 0 bridgehead atoms. The van der Waals surface area contributed by atoms with Crippen LogP contribution >= 0.6 is 11.8 Å². The van der Waals surface area contributed by atoms with Gasteiger partial charge in [0.1, 0.15) is 0 Å². The van der Waals surface area contributed by atoms with Gasteiger partial charge < -0.3 is 10.2 Å². The van der Waals surface area contributed by atoms with E-state index in [9.17, 15) is 10.1 Å². The quantitative estimate of drug-likeness (QED) is 0.399. The van der Waals surface area contributed by atoms with Crippen LogP contribution in [-0.4, -0.2) is 46.9 Å². The van der Waals surface area contributed by atoms with E-state index in [1.54, 1.807) is 19.2 Å². The van der Waals surface area contributed by atoms with Gasteiger partial charge in [0.25, 0.3) is 5.69 Å². The molecule has 0 aromatic heterocycles. The zero-order chi connectivity index (χ0) is 15.9. The highest BCUT2D eigenvalue weighted by atomic mass is 32.2. The molecule has 1 aliphatic rings. The number of hydrogen-bond donors (Lipinski definition) is 1. The molecule has 1 heterocycles. The van der Waals surface area contributed by atoms with E-state index in [0.29, 0.717) is 11.8 Å². The highest BCUT2D eigenvalue weighted by molar-refractivity contribution is 8.00. The number of nitro benzene ring substituents is 1. The van der Waals surface area contributed by atoms with Crippen molar-refractivity contribution < 1.29 is 4.92 Å². The Labute approximate surface area is 135 Å². The van der Waals surface area contributed by atoms with E-state index in [4.69, 9.17) is 0 Å². The van der Waals surface area contributed by atoms with E-state index >= 15 is 0 Å². The summed E-state index contributed by atoms with van der Waals surface area (Å²) in [5.74, 6) is 2.02. The normalized spacial score (nSPS) is 19.1. The fraction of sp³-hybridized carbons (Fsp3) is 0.533. The van der Waals surface area contributed by atoms with Gasteiger partial charge in [0, 0.05) is 49.8 Å². The minimum atomic E-state index is -0.383. The summed E-state index contributed by atoms with van der Waals surface area (Å²) >= 11 is 2.03. The topological polar surface area (TPSA) is 70.8 Å². The molecule has 1 unspecified atom stereocenters. The number of guanidine groups is 1. The van der Waals surface area contributed by atoms with E-state index in [1.165, 1.54) is 18.6 Å². The van der Waals surface area contributed by atoms with Gasteiger partial charge in [-0.3, -0.25) is 15.1 Å². The summed E-state index contributed by atoms with van der Waals surface area (Å²) in [6, 6.07) is 6.62. The number of rotatable bonds is 4. The molecule has 1 aliphatic heterocycles. The van der Waals surface area contributed by atoms with E-state index in [-0.39, 0.29) is 10.6 Å². The lowest BCUT2D eigenvalue weighted by Gasteiger charge is -2.34. The predicted octanol–water partition coefficient (Wildman–Crippen LogP) is 2.50. The number of thioether (sulfide) groups is 1.